The van der Waals surface area contributed by atoms with Crippen LogP contribution in [0.3, 0.4) is 0 Å². The lowest BCUT2D eigenvalue weighted by atomic mass is 9.69. The lowest BCUT2D eigenvalue weighted by molar-refractivity contribution is -0.135. The number of fused-ring (bicyclic) bond motifs is 1. The van der Waals surface area contributed by atoms with Crippen LogP contribution in [0.1, 0.15) is 75.3 Å². The summed E-state index contributed by atoms with van der Waals surface area (Å²) < 4.78 is 17.9. The number of rotatable bonds is 10. The standard InChI is InChI=1S/C25H35N7O4.C22H23Cl2FN2O/c1-28-22-16-19(2-3-20(22)32(25(28)36)21-4-5-23(34)27-24(21)35)31-14-12-30(13-15-31)11-10-29-8-6-18(7-9-29)26-17-33;23-14-6-4-7-15(12-14)27-21(28)19-17(16-8-5-9-18(24)20(16)25)13-26-22(19)10-2-1-3-11-22/h2-3,16-18,21H,4-15H2,1H3,(H,26,33)(H,27,34,35);4-9,12,17,19,26H,1-3,10-11,13H2,(H,27,28). The Morgan fingerprint density at radius 1 is 0.875 bits per heavy atom. The third-order valence-corrected chi connectivity index (χ3v) is 14.7. The molecule has 0 radical (unpaired) electrons. The first-order valence-electron chi connectivity index (χ1n) is 22.6. The van der Waals surface area contributed by atoms with Gasteiger partial charge in [0.25, 0.3) is 0 Å². The summed E-state index contributed by atoms with van der Waals surface area (Å²) in [4.78, 5) is 68.4. The first kappa shape index (κ1) is 45.8. The predicted molar refractivity (Wildman–Crippen MR) is 247 cm³/mol. The van der Waals surface area contributed by atoms with Gasteiger partial charge in [0.15, 0.2) is 0 Å². The molecule has 1 saturated carbocycles. The Hall–Kier alpha value is -4.80. The van der Waals surface area contributed by atoms with Crippen molar-refractivity contribution in [1.82, 2.24) is 34.9 Å². The third kappa shape index (κ3) is 9.88. The van der Waals surface area contributed by atoms with E-state index in [1.807, 2.05) is 24.3 Å². The number of carbonyl (C=O) groups is 4. The van der Waals surface area contributed by atoms with Gasteiger partial charge in [-0.2, -0.15) is 0 Å². The molecule has 3 aromatic carbocycles. The number of amides is 4. The van der Waals surface area contributed by atoms with E-state index >= 15 is 0 Å². The van der Waals surface area contributed by atoms with E-state index in [0.29, 0.717) is 40.8 Å². The van der Waals surface area contributed by atoms with E-state index in [-0.39, 0.29) is 46.3 Å². The summed E-state index contributed by atoms with van der Waals surface area (Å²) in [5.74, 6) is -1.87. The second kappa shape index (κ2) is 20.2. The Morgan fingerprint density at radius 2 is 1.59 bits per heavy atom. The number of nitrogens with one attached hydrogen (secondary N) is 4. The lowest BCUT2D eigenvalue weighted by Crippen LogP contribution is -2.50. The summed E-state index contributed by atoms with van der Waals surface area (Å²) in [6.07, 6.45) is 8.55. The van der Waals surface area contributed by atoms with Crippen molar-refractivity contribution in [2.45, 2.75) is 81.3 Å². The van der Waals surface area contributed by atoms with Crippen LogP contribution in [0.4, 0.5) is 15.8 Å². The number of halogens is 3. The molecule has 5 fully saturated rings. The predicted octanol–water partition coefficient (Wildman–Crippen LogP) is 5.43. The summed E-state index contributed by atoms with van der Waals surface area (Å²) >= 11 is 12.1. The fourth-order valence-corrected chi connectivity index (χ4v) is 11.0. The molecule has 4 N–H and O–H groups in total. The molecule has 3 atom stereocenters. The fourth-order valence-electron chi connectivity index (χ4n) is 10.6. The molecule has 64 heavy (non-hydrogen) atoms. The SMILES string of the molecule is Cn1c(=O)n(C2CCC(=O)NC2=O)c2ccc(N3CCN(CCN4CCC(NC=O)CC4)CC3)cc21.O=C(Nc1cccc(Cl)c1)C1C(c2cccc(Cl)c2F)CNC12CCCCC2. The molecule has 3 unspecified atom stereocenters. The van der Waals surface area contributed by atoms with Crippen LogP contribution in [-0.2, 0) is 26.2 Å². The van der Waals surface area contributed by atoms with E-state index in [2.05, 4.69) is 36.0 Å². The van der Waals surface area contributed by atoms with Crippen molar-refractivity contribution in [3.05, 3.63) is 92.6 Å². The van der Waals surface area contributed by atoms with Gasteiger partial charge in [-0.3, -0.25) is 38.5 Å². The van der Waals surface area contributed by atoms with Gasteiger partial charge in [-0.25, -0.2) is 9.18 Å². The van der Waals surface area contributed by atoms with Crippen molar-refractivity contribution in [1.29, 1.82) is 0 Å². The third-order valence-electron chi connectivity index (χ3n) is 14.1. The Labute approximate surface area is 382 Å². The molecule has 342 valence electrons. The Kier molecular flexibility index (Phi) is 14.4. The van der Waals surface area contributed by atoms with Crippen molar-refractivity contribution in [2.75, 3.05) is 69.1 Å². The van der Waals surface area contributed by atoms with Crippen molar-refractivity contribution in [2.24, 2.45) is 13.0 Å². The van der Waals surface area contributed by atoms with E-state index in [4.69, 9.17) is 23.2 Å². The molecule has 17 heteroatoms. The molecule has 14 nitrogen and oxygen atoms in total. The minimum atomic E-state index is -0.666. The first-order valence-corrected chi connectivity index (χ1v) is 23.4. The van der Waals surface area contributed by atoms with Crippen LogP contribution in [0.5, 0.6) is 0 Å². The smallest absolute Gasteiger partial charge is 0.329 e. The zero-order chi connectivity index (χ0) is 45.0. The van der Waals surface area contributed by atoms with Gasteiger partial charge in [-0.1, -0.05) is 60.7 Å². The minimum absolute atomic E-state index is 0.0936. The average molecular weight is 919 g/mol. The number of benzene rings is 3. The summed E-state index contributed by atoms with van der Waals surface area (Å²) in [5, 5.41) is 12.5. The van der Waals surface area contributed by atoms with E-state index in [9.17, 15) is 28.4 Å². The topological polar surface area (TPSA) is 153 Å². The van der Waals surface area contributed by atoms with Crippen molar-refractivity contribution in [3.8, 4) is 0 Å². The molecule has 4 aromatic rings. The molecule has 4 saturated heterocycles. The second-order valence-corrected chi connectivity index (χ2v) is 18.7. The zero-order valence-electron chi connectivity index (χ0n) is 36.3. The van der Waals surface area contributed by atoms with Crippen LogP contribution >= 0.6 is 23.2 Å². The van der Waals surface area contributed by atoms with E-state index in [1.54, 1.807) is 48.0 Å². The molecule has 1 aromatic heterocycles. The Morgan fingerprint density at radius 3 is 2.30 bits per heavy atom. The van der Waals surface area contributed by atoms with Crippen LogP contribution in [0.25, 0.3) is 11.0 Å². The largest absolute Gasteiger partial charge is 0.369 e. The maximum Gasteiger partial charge on any atom is 0.329 e. The lowest BCUT2D eigenvalue weighted by Gasteiger charge is -2.39. The first-order chi connectivity index (χ1) is 30.9. The van der Waals surface area contributed by atoms with Crippen molar-refractivity contribution in [3.63, 3.8) is 0 Å². The molecule has 4 aliphatic heterocycles. The van der Waals surface area contributed by atoms with Crippen molar-refractivity contribution < 1.29 is 23.6 Å². The number of likely N-dealkylation sites (tertiary alicyclic amines) is 1. The number of nitrogens with zero attached hydrogens (tertiary/aromatic N) is 5. The number of hydrogen-bond donors (Lipinski definition) is 4. The van der Waals surface area contributed by atoms with Gasteiger partial charge in [0.1, 0.15) is 11.9 Å². The summed E-state index contributed by atoms with van der Waals surface area (Å²) in [6.45, 7) is 8.51. The highest BCUT2D eigenvalue weighted by Gasteiger charge is 2.53. The molecule has 4 amide bonds. The van der Waals surface area contributed by atoms with Gasteiger partial charge >= 0.3 is 5.69 Å². The van der Waals surface area contributed by atoms with Crippen LogP contribution in [0.15, 0.2) is 65.5 Å². The quantitative estimate of drug-likeness (QED) is 0.121. The zero-order valence-corrected chi connectivity index (χ0v) is 37.8. The molecule has 1 spiro atoms. The van der Waals surface area contributed by atoms with Gasteiger partial charge < -0.3 is 25.8 Å². The second-order valence-electron chi connectivity index (χ2n) is 17.9. The number of piperidine rings is 2. The van der Waals surface area contributed by atoms with Crippen LogP contribution in [0, 0.1) is 11.7 Å². The Bertz CT molecular complexity index is 2400. The number of piperazine rings is 1. The van der Waals surface area contributed by atoms with E-state index in [0.717, 1.165) is 108 Å². The van der Waals surface area contributed by atoms with Crippen LogP contribution < -0.4 is 31.9 Å². The minimum Gasteiger partial charge on any atom is -0.369 e. The summed E-state index contributed by atoms with van der Waals surface area (Å²) in [6, 6.07) is 17.8. The van der Waals surface area contributed by atoms with Gasteiger partial charge in [0, 0.05) is 106 Å². The Balaban J connectivity index is 0.000000181. The molecular formula is C47H58Cl2FN9O5. The number of hydrogen-bond acceptors (Lipinski definition) is 9. The number of carbonyl (C=O) groups excluding carboxylic acids is 4. The highest BCUT2D eigenvalue weighted by atomic mass is 35.5. The maximum absolute atomic E-state index is 14.8. The number of anilines is 2. The van der Waals surface area contributed by atoms with Gasteiger partial charge in [-0.05, 0) is 80.1 Å². The van der Waals surface area contributed by atoms with Crippen LogP contribution in [-0.4, -0.2) is 114 Å². The van der Waals surface area contributed by atoms with E-state index < -0.39 is 17.8 Å². The average Bonchev–Trinajstić information content (AvgIpc) is 3.77. The number of aryl methyl sites for hydroxylation is 1. The van der Waals surface area contributed by atoms with Gasteiger partial charge in [-0.15, -0.1) is 0 Å². The van der Waals surface area contributed by atoms with Gasteiger partial charge in [0.2, 0.25) is 24.1 Å². The molecule has 5 aliphatic rings. The van der Waals surface area contributed by atoms with Crippen molar-refractivity contribution >= 4 is 69.7 Å². The molecule has 9 rings (SSSR count). The fraction of sp³-hybridized carbons (Fsp3) is 0.511. The maximum atomic E-state index is 14.8. The van der Waals surface area contributed by atoms with Crippen LogP contribution in [0.2, 0.25) is 10.0 Å². The highest BCUT2D eigenvalue weighted by molar-refractivity contribution is 6.31. The summed E-state index contributed by atoms with van der Waals surface area (Å²) in [5.41, 5.74) is 3.19. The monoisotopic (exact) mass is 917 g/mol. The molecule has 5 heterocycles. The molecule has 1 aliphatic carbocycles. The normalized spacial score (nSPS) is 23.1. The van der Waals surface area contributed by atoms with Gasteiger partial charge in [0.05, 0.1) is 22.0 Å². The number of imidazole rings is 1. The molecular weight excluding hydrogens is 860 g/mol. The summed E-state index contributed by atoms with van der Waals surface area (Å²) in [7, 11) is 1.73. The number of aromatic nitrogens is 2. The molecule has 0 bridgehead atoms. The van der Waals surface area contributed by atoms with E-state index in [1.165, 1.54) is 11.0 Å². The highest BCUT2D eigenvalue weighted by Crippen LogP contribution is 2.47. The number of imide groups is 1.